The van der Waals surface area contributed by atoms with Crippen LogP contribution in [0, 0.1) is 2.88 Å². The fourth-order valence-corrected chi connectivity index (χ4v) is 3.34. The Hall–Kier alpha value is -0.670. The molecule has 7 heteroatoms. The van der Waals surface area contributed by atoms with Crippen molar-refractivity contribution < 1.29 is 19.4 Å². The summed E-state index contributed by atoms with van der Waals surface area (Å²) >= 11 is 3.60. The van der Waals surface area contributed by atoms with Crippen LogP contribution >= 0.6 is 33.9 Å². The molecule has 0 bridgehead atoms. The van der Waals surface area contributed by atoms with E-state index in [4.69, 9.17) is 9.84 Å². The van der Waals surface area contributed by atoms with E-state index < -0.39 is 12.0 Å². The van der Waals surface area contributed by atoms with Crippen LogP contribution in [0.25, 0.3) is 0 Å². The number of amides is 1. The van der Waals surface area contributed by atoms with E-state index in [1.165, 1.54) is 23.3 Å². The molecule has 18 heavy (non-hydrogen) atoms. The van der Waals surface area contributed by atoms with Crippen LogP contribution in [0.2, 0.25) is 0 Å². The summed E-state index contributed by atoms with van der Waals surface area (Å²) in [6.45, 7) is 0.332. The van der Waals surface area contributed by atoms with Crippen LogP contribution in [0.3, 0.4) is 0 Å². The van der Waals surface area contributed by atoms with Crippen molar-refractivity contribution in [1.82, 2.24) is 4.90 Å². The summed E-state index contributed by atoms with van der Waals surface area (Å²) in [5.41, 5.74) is 0.549. The number of halogens is 1. The number of hydrogen-bond donors (Lipinski definition) is 1. The van der Waals surface area contributed by atoms with E-state index in [0.29, 0.717) is 18.5 Å². The summed E-state index contributed by atoms with van der Waals surface area (Å²) in [5.74, 6) is -1.21. The Bertz CT molecular complexity index is 475. The predicted octanol–water partition coefficient (Wildman–Crippen LogP) is 1.67. The lowest BCUT2D eigenvalue weighted by molar-refractivity contribution is -0.141. The monoisotopic (exact) mass is 381 g/mol. The average molecular weight is 381 g/mol. The van der Waals surface area contributed by atoms with Gasteiger partial charge in [-0.05, 0) is 28.7 Å². The molecule has 1 fully saturated rings. The third-order valence-electron chi connectivity index (χ3n) is 2.96. The summed E-state index contributed by atoms with van der Waals surface area (Å²) in [7, 11) is 1.53. The molecule has 0 spiro atoms. The highest BCUT2D eigenvalue weighted by Gasteiger charge is 2.40. The second kappa shape index (κ2) is 5.54. The van der Waals surface area contributed by atoms with Gasteiger partial charge in [-0.1, -0.05) is 0 Å². The summed E-state index contributed by atoms with van der Waals surface area (Å²) in [6.07, 6.45) is 0.145. The Kier molecular flexibility index (Phi) is 4.23. The number of carboxylic acid groups (broad SMARTS) is 1. The van der Waals surface area contributed by atoms with Crippen molar-refractivity contribution in [1.29, 1.82) is 0 Å². The number of hydrogen-bond acceptors (Lipinski definition) is 4. The fourth-order valence-electron chi connectivity index (χ4n) is 2.01. The zero-order valence-corrected chi connectivity index (χ0v) is 12.6. The minimum Gasteiger partial charge on any atom is -0.480 e. The summed E-state index contributed by atoms with van der Waals surface area (Å²) < 4.78 is 6.16. The molecule has 2 rings (SSSR count). The van der Waals surface area contributed by atoms with Crippen LogP contribution in [-0.2, 0) is 9.53 Å². The van der Waals surface area contributed by atoms with Gasteiger partial charge in [-0.3, -0.25) is 4.79 Å². The highest BCUT2D eigenvalue weighted by Crippen LogP contribution is 2.25. The van der Waals surface area contributed by atoms with Crippen molar-refractivity contribution >= 4 is 45.8 Å². The number of thiophene rings is 1. The Morgan fingerprint density at radius 3 is 2.83 bits per heavy atom. The quantitative estimate of drug-likeness (QED) is 0.809. The predicted molar refractivity (Wildman–Crippen MR) is 74.9 cm³/mol. The number of rotatable bonds is 3. The van der Waals surface area contributed by atoms with E-state index in [1.807, 2.05) is 0 Å². The molecule has 2 atom stereocenters. The fraction of sp³-hybridized carbons (Fsp3) is 0.455. The van der Waals surface area contributed by atoms with Gasteiger partial charge in [-0.15, -0.1) is 11.3 Å². The second-order valence-electron chi connectivity index (χ2n) is 4.04. The molecule has 1 aliphatic heterocycles. The Balaban J connectivity index is 2.20. The topological polar surface area (TPSA) is 66.8 Å². The van der Waals surface area contributed by atoms with E-state index in [9.17, 15) is 9.59 Å². The normalized spacial score (nSPS) is 23.3. The van der Waals surface area contributed by atoms with Gasteiger partial charge in [0.2, 0.25) is 0 Å². The van der Waals surface area contributed by atoms with Crippen molar-refractivity contribution in [2.24, 2.45) is 0 Å². The highest BCUT2D eigenvalue weighted by atomic mass is 127. The number of methoxy groups -OCH3 is 1. The van der Waals surface area contributed by atoms with Crippen LogP contribution in [0.4, 0.5) is 0 Å². The molecule has 1 saturated heterocycles. The lowest BCUT2D eigenvalue weighted by Crippen LogP contribution is -2.40. The van der Waals surface area contributed by atoms with E-state index in [2.05, 4.69) is 22.6 Å². The molecule has 5 nitrogen and oxygen atoms in total. The lowest BCUT2D eigenvalue weighted by Gasteiger charge is -2.20. The van der Waals surface area contributed by atoms with Gasteiger partial charge in [0, 0.05) is 25.5 Å². The molecule has 2 unspecified atom stereocenters. The maximum absolute atomic E-state index is 12.2. The maximum atomic E-state index is 12.2. The molecule has 0 aromatic carbocycles. The molecule has 98 valence electrons. The van der Waals surface area contributed by atoms with E-state index >= 15 is 0 Å². The number of carboxylic acids is 1. The highest BCUT2D eigenvalue weighted by molar-refractivity contribution is 14.1. The van der Waals surface area contributed by atoms with E-state index in [0.717, 1.165) is 2.88 Å². The van der Waals surface area contributed by atoms with Gasteiger partial charge in [0.1, 0.15) is 6.04 Å². The van der Waals surface area contributed by atoms with Crippen LogP contribution in [-0.4, -0.2) is 47.7 Å². The summed E-state index contributed by atoms with van der Waals surface area (Å²) in [5, 5.41) is 10.9. The van der Waals surface area contributed by atoms with Crippen molar-refractivity contribution in [2.45, 2.75) is 18.6 Å². The van der Waals surface area contributed by atoms with Gasteiger partial charge in [0.25, 0.3) is 5.91 Å². The minimum absolute atomic E-state index is 0.201. The first-order valence-corrected chi connectivity index (χ1v) is 7.29. The van der Waals surface area contributed by atoms with Crippen molar-refractivity contribution in [3.63, 3.8) is 0 Å². The molecular formula is C11H12INO4S. The molecular weight excluding hydrogens is 369 g/mol. The minimum atomic E-state index is -0.979. The van der Waals surface area contributed by atoms with E-state index in [-0.39, 0.29) is 12.0 Å². The average Bonchev–Trinajstić information content (AvgIpc) is 2.93. The molecule has 0 aliphatic carbocycles. The van der Waals surface area contributed by atoms with Gasteiger partial charge >= 0.3 is 5.97 Å². The molecule has 0 saturated carbocycles. The van der Waals surface area contributed by atoms with Gasteiger partial charge in [-0.2, -0.15) is 0 Å². The SMILES string of the molecule is COC1CC(C(=O)O)N(C(=O)c2csc(I)c2)C1. The van der Waals surface area contributed by atoms with Crippen LogP contribution in [0.5, 0.6) is 0 Å². The Morgan fingerprint density at radius 2 is 2.33 bits per heavy atom. The first-order chi connectivity index (χ1) is 8.52. The molecule has 1 amide bonds. The first-order valence-electron chi connectivity index (χ1n) is 5.33. The van der Waals surface area contributed by atoms with Gasteiger partial charge in [-0.25, -0.2) is 4.79 Å². The number of nitrogens with zero attached hydrogens (tertiary/aromatic N) is 1. The van der Waals surface area contributed by atoms with E-state index in [1.54, 1.807) is 11.4 Å². The Labute approximate surface area is 122 Å². The zero-order valence-electron chi connectivity index (χ0n) is 9.63. The summed E-state index contributed by atoms with van der Waals surface area (Å²) in [4.78, 5) is 24.8. The van der Waals surface area contributed by atoms with Gasteiger partial charge in [0.15, 0.2) is 0 Å². The van der Waals surface area contributed by atoms with Crippen molar-refractivity contribution in [2.75, 3.05) is 13.7 Å². The van der Waals surface area contributed by atoms with Gasteiger partial charge < -0.3 is 14.7 Å². The standard InChI is InChI=1S/C11H12INO4S/c1-17-7-3-8(11(15)16)13(4-7)10(14)6-2-9(12)18-5-6/h2,5,7-8H,3-4H2,1H3,(H,15,16). The molecule has 1 aromatic rings. The zero-order chi connectivity index (χ0) is 13.3. The number of carbonyl (C=O) groups excluding carboxylic acids is 1. The largest absolute Gasteiger partial charge is 0.480 e. The first kappa shape index (κ1) is 13.8. The van der Waals surface area contributed by atoms with Crippen LogP contribution in [0.15, 0.2) is 11.4 Å². The Morgan fingerprint density at radius 1 is 1.61 bits per heavy atom. The molecule has 2 heterocycles. The third kappa shape index (κ3) is 2.67. The molecule has 1 N–H and O–H groups in total. The number of ether oxygens (including phenoxy) is 1. The molecule has 1 aromatic heterocycles. The number of likely N-dealkylation sites (tertiary alicyclic amines) is 1. The summed E-state index contributed by atoms with van der Waals surface area (Å²) in [6, 6.07) is 0.979. The van der Waals surface area contributed by atoms with Crippen molar-refractivity contribution in [3.05, 3.63) is 19.9 Å². The third-order valence-corrected chi connectivity index (χ3v) is 4.75. The maximum Gasteiger partial charge on any atom is 0.326 e. The lowest BCUT2D eigenvalue weighted by atomic mass is 10.2. The van der Waals surface area contributed by atoms with Gasteiger partial charge in [0.05, 0.1) is 14.6 Å². The van der Waals surface area contributed by atoms with Crippen LogP contribution < -0.4 is 0 Å². The number of aliphatic carboxylic acids is 1. The smallest absolute Gasteiger partial charge is 0.326 e. The number of carbonyl (C=O) groups is 2. The molecule has 0 radical (unpaired) electrons. The van der Waals surface area contributed by atoms with Crippen LogP contribution in [0.1, 0.15) is 16.8 Å². The second-order valence-corrected chi connectivity index (χ2v) is 6.85. The molecule has 1 aliphatic rings. The van der Waals surface area contributed by atoms with Crippen molar-refractivity contribution in [3.8, 4) is 0 Å².